The maximum Gasteiger partial charge on any atom is 0.119 e. The molecular formula is C24H32N4O4. The lowest BCUT2D eigenvalue weighted by molar-refractivity contribution is 0.0321. The minimum absolute atomic E-state index is 0.668. The lowest BCUT2D eigenvalue weighted by Crippen LogP contribution is -2.38. The first-order chi connectivity index (χ1) is 15.8. The zero-order valence-electron chi connectivity index (χ0n) is 18.5. The molecule has 2 fully saturated rings. The van der Waals surface area contributed by atoms with E-state index < -0.39 is 0 Å². The van der Waals surface area contributed by atoms with Crippen molar-refractivity contribution in [3.63, 3.8) is 0 Å². The van der Waals surface area contributed by atoms with Crippen LogP contribution < -0.4 is 9.47 Å². The Balaban J connectivity index is 1.17. The number of azo groups is 1. The normalized spacial score (nSPS) is 18.1. The Kier molecular flexibility index (Phi) is 8.85. The summed E-state index contributed by atoms with van der Waals surface area (Å²) < 4.78 is 22.4. The van der Waals surface area contributed by atoms with Crippen molar-refractivity contribution in [2.75, 3.05) is 78.9 Å². The molecule has 0 N–H and O–H groups in total. The van der Waals surface area contributed by atoms with Crippen molar-refractivity contribution in [3.8, 4) is 11.5 Å². The van der Waals surface area contributed by atoms with Crippen molar-refractivity contribution in [2.45, 2.75) is 0 Å². The van der Waals surface area contributed by atoms with Crippen LogP contribution in [0.5, 0.6) is 11.5 Å². The molecule has 2 aliphatic rings. The molecule has 0 atom stereocenters. The first-order valence-corrected chi connectivity index (χ1v) is 11.3. The Hall–Kier alpha value is -2.52. The summed E-state index contributed by atoms with van der Waals surface area (Å²) in [5.74, 6) is 1.69. The molecule has 2 aromatic rings. The third-order valence-corrected chi connectivity index (χ3v) is 5.51. The molecule has 0 aromatic heterocycles. The van der Waals surface area contributed by atoms with Gasteiger partial charge in [-0.2, -0.15) is 10.2 Å². The van der Waals surface area contributed by atoms with Gasteiger partial charge in [0.25, 0.3) is 0 Å². The van der Waals surface area contributed by atoms with Crippen molar-refractivity contribution in [2.24, 2.45) is 10.2 Å². The van der Waals surface area contributed by atoms with Gasteiger partial charge in [-0.05, 0) is 48.5 Å². The van der Waals surface area contributed by atoms with Gasteiger partial charge in [0.15, 0.2) is 0 Å². The monoisotopic (exact) mass is 440 g/mol. The van der Waals surface area contributed by atoms with Gasteiger partial charge in [-0.15, -0.1) is 0 Å². The van der Waals surface area contributed by atoms with Gasteiger partial charge in [0.05, 0.1) is 37.8 Å². The molecule has 0 radical (unpaired) electrons. The van der Waals surface area contributed by atoms with E-state index in [9.17, 15) is 0 Å². The van der Waals surface area contributed by atoms with Crippen LogP contribution in [0.15, 0.2) is 58.8 Å². The average molecular weight is 441 g/mol. The molecule has 8 nitrogen and oxygen atoms in total. The van der Waals surface area contributed by atoms with Gasteiger partial charge in [-0.1, -0.05) is 0 Å². The minimum atomic E-state index is 0.668. The summed E-state index contributed by atoms with van der Waals surface area (Å²) in [5.41, 5.74) is 1.58. The van der Waals surface area contributed by atoms with Gasteiger partial charge in [0.1, 0.15) is 24.7 Å². The minimum Gasteiger partial charge on any atom is -0.492 e. The summed E-state index contributed by atoms with van der Waals surface area (Å²) in [6.45, 7) is 10.3. The van der Waals surface area contributed by atoms with Crippen LogP contribution in [0.1, 0.15) is 0 Å². The molecular weight excluding hydrogens is 408 g/mol. The summed E-state index contributed by atoms with van der Waals surface area (Å²) in [6, 6.07) is 15.4. The van der Waals surface area contributed by atoms with Gasteiger partial charge < -0.3 is 18.9 Å². The summed E-state index contributed by atoms with van der Waals surface area (Å²) in [5, 5.41) is 8.62. The number of rotatable bonds is 10. The Morgan fingerprint density at radius 2 is 0.969 bits per heavy atom. The molecule has 4 rings (SSSR count). The van der Waals surface area contributed by atoms with Crippen molar-refractivity contribution >= 4 is 11.4 Å². The molecule has 8 heteroatoms. The molecule has 2 aromatic carbocycles. The van der Waals surface area contributed by atoms with Gasteiger partial charge in [0, 0.05) is 39.3 Å². The third-order valence-electron chi connectivity index (χ3n) is 5.51. The maximum absolute atomic E-state index is 5.83. The predicted octanol–water partition coefficient (Wildman–Crippen LogP) is 3.52. The van der Waals surface area contributed by atoms with Crippen LogP contribution in [-0.4, -0.2) is 88.7 Å². The first kappa shape index (κ1) is 22.7. The van der Waals surface area contributed by atoms with Crippen molar-refractivity contribution in [3.05, 3.63) is 48.5 Å². The summed E-state index contributed by atoms with van der Waals surface area (Å²) in [7, 11) is 0. The summed E-state index contributed by atoms with van der Waals surface area (Å²) >= 11 is 0. The Bertz CT molecular complexity index is 747. The lowest BCUT2D eigenvalue weighted by atomic mass is 10.3. The van der Waals surface area contributed by atoms with E-state index in [2.05, 4.69) is 20.0 Å². The van der Waals surface area contributed by atoms with E-state index in [1.807, 2.05) is 48.5 Å². The van der Waals surface area contributed by atoms with Crippen molar-refractivity contribution < 1.29 is 18.9 Å². The Morgan fingerprint density at radius 1 is 0.594 bits per heavy atom. The highest BCUT2D eigenvalue weighted by atomic mass is 16.5. The molecule has 0 unspecified atom stereocenters. The van der Waals surface area contributed by atoms with Gasteiger partial charge >= 0.3 is 0 Å². The molecule has 0 bridgehead atoms. The van der Waals surface area contributed by atoms with E-state index in [1.54, 1.807) is 0 Å². The maximum atomic E-state index is 5.83. The zero-order valence-corrected chi connectivity index (χ0v) is 18.5. The molecule has 172 valence electrons. The highest BCUT2D eigenvalue weighted by Gasteiger charge is 2.10. The molecule has 0 spiro atoms. The van der Waals surface area contributed by atoms with Gasteiger partial charge in [-0.3, -0.25) is 9.80 Å². The van der Waals surface area contributed by atoms with Crippen LogP contribution in [0.25, 0.3) is 0 Å². The predicted molar refractivity (Wildman–Crippen MR) is 123 cm³/mol. The second-order valence-corrected chi connectivity index (χ2v) is 7.79. The molecule has 0 saturated carbocycles. The average Bonchev–Trinajstić information content (AvgIpc) is 2.86. The fourth-order valence-corrected chi connectivity index (χ4v) is 3.57. The van der Waals surface area contributed by atoms with Crippen molar-refractivity contribution in [1.82, 2.24) is 9.80 Å². The molecule has 32 heavy (non-hydrogen) atoms. The van der Waals surface area contributed by atoms with Crippen LogP contribution in [0, 0.1) is 0 Å². The van der Waals surface area contributed by atoms with E-state index in [-0.39, 0.29) is 0 Å². The number of benzene rings is 2. The quantitative estimate of drug-likeness (QED) is 0.527. The smallest absolute Gasteiger partial charge is 0.119 e. The van der Waals surface area contributed by atoms with E-state index >= 15 is 0 Å². The summed E-state index contributed by atoms with van der Waals surface area (Å²) in [4.78, 5) is 4.71. The first-order valence-electron chi connectivity index (χ1n) is 11.3. The topological polar surface area (TPSA) is 68.1 Å². The van der Waals surface area contributed by atoms with E-state index in [0.29, 0.717) is 13.2 Å². The van der Waals surface area contributed by atoms with Gasteiger partial charge in [-0.25, -0.2) is 0 Å². The highest BCUT2D eigenvalue weighted by molar-refractivity contribution is 5.44. The van der Waals surface area contributed by atoms with Crippen LogP contribution >= 0.6 is 0 Å². The lowest BCUT2D eigenvalue weighted by Gasteiger charge is -2.26. The van der Waals surface area contributed by atoms with Crippen LogP contribution in [0.3, 0.4) is 0 Å². The molecule has 2 heterocycles. The van der Waals surface area contributed by atoms with E-state index in [4.69, 9.17) is 18.9 Å². The van der Waals surface area contributed by atoms with Crippen LogP contribution in [0.2, 0.25) is 0 Å². The highest BCUT2D eigenvalue weighted by Crippen LogP contribution is 2.23. The molecule has 2 saturated heterocycles. The van der Waals surface area contributed by atoms with Crippen molar-refractivity contribution in [1.29, 1.82) is 0 Å². The molecule has 0 amide bonds. The van der Waals surface area contributed by atoms with E-state index in [0.717, 1.165) is 88.6 Å². The Morgan fingerprint density at radius 3 is 1.34 bits per heavy atom. The summed E-state index contributed by atoms with van der Waals surface area (Å²) in [6.07, 6.45) is 0. The van der Waals surface area contributed by atoms with Crippen LogP contribution in [0.4, 0.5) is 11.4 Å². The molecule has 0 aliphatic carbocycles. The number of hydrogen-bond donors (Lipinski definition) is 0. The van der Waals surface area contributed by atoms with E-state index in [1.165, 1.54) is 0 Å². The Labute approximate surface area is 189 Å². The number of hydrogen-bond acceptors (Lipinski definition) is 8. The number of morpholine rings is 2. The SMILES string of the molecule is c1cc(OCCN2CCOCC2)ccc1N=Nc1ccc(OCCN2CCOCC2)cc1. The van der Waals surface area contributed by atoms with Crippen LogP contribution in [-0.2, 0) is 9.47 Å². The number of nitrogens with zero attached hydrogens (tertiary/aromatic N) is 4. The fraction of sp³-hybridized carbons (Fsp3) is 0.500. The largest absolute Gasteiger partial charge is 0.492 e. The second kappa shape index (κ2) is 12.5. The second-order valence-electron chi connectivity index (χ2n) is 7.79. The zero-order chi connectivity index (χ0) is 21.8. The standard InChI is InChI=1S/C24H32N4O4/c1-5-23(31-19-13-27-9-15-29-16-10-27)6-2-21(1)25-26-22-3-7-24(8-4-22)32-20-14-28-11-17-30-18-12-28/h1-8H,9-20H2. The number of ether oxygens (including phenoxy) is 4. The fourth-order valence-electron chi connectivity index (χ4n) is 3.57. The van der Waals surface area contributed by atoms with Gasteiger partial charge in [0.2, 0.25) is 0 Å². The third kappa shape index (κ3) is 7.56. The molecule has 2 aliphatic heterocycles.